The van der Waals surface area contributed by atoms with Gasteiger partial charge in [0.15, 0.2) is 0 Å². The van der Waals surface area contributed by atoms with Gasteiger partial charge in [-0.2, -0.15) is 0 Å². The van der Waals surface area contributed by atoms with E-state index in [2.05, 4.69) is 29.2 Å². The molecule has 0 saturated carbocycles. The highest BCUT2D eigenvalue weighted by atomic mass is 16.4. The molecule has 0 bridgehead atoms. The van der Waals surface area contributed by atoms with E-state index < -0.39 is 11.4 Å². The Hall–Kier alpha value is -1.35. The van der Waals surface area contributed by atoms with Crippen LogP contribution in [0.2, 0.25) is 0 Å². The minimum atomic E-state index is -0.702. The average Bonchev–Trinajstić information content (AvgIpc) is 2.70. The Kier molecular flexibility index (Phi) is 3.71. The fourth-order valence-corrected chi connectivity index (χ4v) is 2.41. The predicted octanol–water partition coefficient (Wildman–Crippen LogP) is 2.89. The predicted molar refractivity (Wildman–Crippen MR) is 71.2 cm³/mol. The van der Waals surface area contributed by atoms with E-state index in [1.165, 1.54) is 11.1 Å². The van der Waals surface area contributed by atoms with Gasteiger partial charge in [0.05, 0.1) is 5.41 Å². The van der Waals surface area contributed by atoms with Crippen molar-refractivity contribution in [3.63, 3.8) is 0 Å². The first-order chi connectivity index (χ1) is 8.49. The van der Waals surface area contributed by atoms with Crippen molar-refractivity contribution in [2.45, 2.75) is 39.8 Å². The molecule has 0 spiro atoms. The van der Waals surface area contributed by atoms with Crippen molar-refractivity contribution < 1.29 is 9.90 Å². The SMILES string of the molecule is CC(C)(CCCN1Cc2ccccc2C1)C(=O)O. The molecule has 1 aromatic carbocycles. The first-order valence-corrected chi connectivity index (χ1v) is 6.51. The lowest BCUT2D eigenvalue weighted by atomic mass is 9.88. The van der Waals surface area contributed by atoms with Crippen LogP contribution in [0.15, 0.2) is 24.3 Å². The summed E-state index contributed by atoms with van der Waals surface area (Å²) < 4.78 is 0. The van der Waals surface area contributed by atoms with Crippen LogP contribution in [-0.4, -0.2) is 22.5 Å². The van der Waals surface area contributed by atoms with E-state index in [-0.39, 0.29) is 0 Å². The van der Waals surface area contributed by atoms with Crippen molar-refractivity contribution in [3.05, 3.63) is 35.4 Å². The zero-order valence-electron chi connectivity index (χ0n) is 11.1. The molecular formula is C15H21NO2. The molecular weight excluding hydrogens is 226 g/mol. The van der Waals surface area contributed by atoms with E-state index >= 15 is 0 Å². The molecule has 0 aliphatic carbocycles. The molecule has 1 heterocycles. The number of carboxylic acid groups (broad SMARTS) is 1. The lowest BCUT2D eigenvalue weighted by Crippen LogP contribution is -2.26. The zero-order valence-corrected chi connectivity index (χ0v) is 11.1. The number of carbonyl (C=O) groups is 1. The quantitative estimate of drug-likeness (QED) is 0.869. The molecule has 0 atom stereocenters. The Morgan fingerprint density at radius 2 is 1.83 bits per heavy atom. The summed E-state index contributed by atoms with van der Waals surface area (Å²) in [6, 6.07) is 8.51. The lowest BCUT2D eigenvalue weighted by molar-refractivity contribution is -0.147. The number of carboxylic acids is 1. The summed E-state index contributed by atoms with van der Waals surface area (Å²) in [5.74, 6) is -0.702. The topological polar surface area (TPSA) is 40.5 Å². The highest BCUT2D eigenvalue weighted by Gasteiger charge is 2.27. The largest absolute Gasteiger partial charge is 0.481 e. The molecule has 0 saturated heterocycles. The number of nitrogens with zero attached hydrogens (tertiary/aromatic N) is 1. The average molecular weight is 247 g/mol. The number of benzene rings is 1. The van der Waals surface area contributed by atoms with Crippen LogP contribution in [0.3, 0.4) is 0 Å². The fraction of sp³-hybridized carbons (Fsp3) is 0.533. The van der Waals surface area contributed by atoms with E-state index in [0.717, 1.165) is 32.5 Å². The molecule has 18 heavy (non-hydrogen) atoms. The van der Waals surface area contributed by atoms with Gasteiger partial charge in [0.25, 0.3) is 0 Å². The summed E-state index contributed by atoms with van der Waals surface area (Å²) in [7, 11) is 0. The Balaban J connectivity index is 1.79. The highest BCUT2D eigenvalue weighted by Crippen LogP contribution is 2.25. The normalized spacial score (nSPS) is 15.7. The summed E-state index contributed by atoms with van der Waals surface area (Å²) in [6.07, 6.45) is 1.67. The monoisotopic (exact) mass is 247 g/mol. The molecule has 3 heteroatoms. The van der Waals surface area contributed by atoms with Crippen LogP contribution in [0, 0.1) is 5.41 Å². The van der Waals surface area contributed by atoms with Gasteiger partial charge in [0.2, 0.25) is 0 Å². The third-order valence-corrected chi connectivity index (χ3v) is 3.76. The van der Waals surface area contributed by atoms with Crippen molar-refractivity contribution in [2.24, 2.45) is 5.41 Å². The lowest BCUT2D eigenvalue weighted by Gasteiger charge is -2.21. The molecule has 0 amide bonds. The highest BCUT2D eigenvalue weighted by molar-refractivity contribution is 5.73. The fourth-order valence-electron chi connectivity index (χ4n) is 2.41. The van der Waals surface area contributed by atoms with Gasteiger partial charge in [0, 0.05) is 13.1 Å². The molecule has 1 aromatic rings. The number of hydrogen-bond donors (Lipinski definition) is 1. The molecule has 1 aliphatic rings. The smallest absolute Gasteiger partial charge is 0.309 e. The van der Waals surface area contributed by atoms with E-state index in [4.69, 9.17) is 5.11 Å². The van der Waals surface area contributed by atoms with Crippen LogP contribution >= 0.6 is 0 Å². The third-order valence-electron chi connectivity index (χ3n) is 3.76. The maximum Gasteiger partial charge on any atom is 0.309 e. The van der Waals surface area contributed by atoms with Gasteiger partial charge in [-0.1, -0.05) is 24.3 Å². The second-order valence-corrected chi connectivity index (χ2v) is 5.77. The van der Waals surface area contributed by atoms with Gasteiger partial charge in [-0.15, -0.1) is 0 Å². The molecule has 0 unspecified atom stereocenters. The molecule has 2 rings (SSSR count). The van der Waals surface area contributed by atoms with Crippen LogP contribution in [0.25, 0.3) is 0 Å². The van der Waals surface area contributed by atoms with E-state index in [0.29, 0.717) is 0 Å². The van der Waals surface area contributed by atoms with Crippen molar-refractivity contribution in [2.75, 3.05) is 6.54 Å². The van der Waals surface area contributed by atoms with Gasteiger partial charge in [-0.25, -0.2) is 0 Å². The van der Waals surface area contributed by atoms with Crippen LogP contribution in [-0.2, 0) is 17.9 Å². The van der Waals surface area contributed by atoms with E-state index in [1.54, 1.807) is 13.8 Å². The minimum Gasteiger partial charge on any atom is -0.481 e. The molecule has 1 N–H and O–H groups in total. The van der Waals surface area contributed by atoms with Gasteiger partial charge >= 0.3 is 5.97 Å². The summed E-state index contributed by atoms with van der Waals surface area (Å²) in [4.78, 5) is 13.4. The van der Waals surface area contributed by atoms with Gasteiger partial charge in [-0.3, -0.25) is 9.69 Å². The summed E-state index contributed by atoms with van der Waals surface area (Å²) in [5.41, 5.74) is 2.22. The summed E-state index contributed by atoms with van der Waals surface area (Å²) >= 11 is 0. The van der Waals surface area contributed by atoms with Crippen LogP contribution < -0.4 is 0 Å². The first-order valence-electron chi connectivity index (χ1n) is 6.51. The van der Waals surface area contributed by atoms with Crippen molar-refractivity contribution in [3.8, 4) is 0 Å². The Labute approximate surface area is 108 Å². The second-order valence-electron chi connectivity index (χ2n) is 5.77. The maximum atomic E-state index is 11.0. The van der Waals surface area contributed by atoms with Gasteiger partial charge in [0.1, 0.15) is 0 Å². The molecule has 3 nitrogen and oxygen atoms in total. The van der Waals surface area contributed by atoms with Crippen LogP contribution in [0.5, 0.6) is 0 Å². The number of aliphatic carboxylic acids is 1. The Bertz CT molecular complexity index is 415. The molecule has 98 valence electrons. The third kappa shape index (κ3) is 2.91. The van der Waals surface area contributed by atoms with E-state index in [9.17, 15) is 4.79 Å². The number of hydrogen-bond acceptors (Lipinski definition) is 2. The van der Waals surface area contributed by atoms with Crippen LogP contribution in [0.1, 0.15) is 37.8 Å². The van der Waals surface area contributed by atoms with Gasteiger partial charge in [-0.05, 0) is 44.4 Å². The van der Waals surface area contributed by atoms with Crippen molar-refractivity contribution >= 4 is 5.97 Å². The maximum absolute atomic E-state index is 11.0. The zero-order chi connectivity index (χ0) is 13.2. The molecule has 0 aromatic heterocycles. The second kappa shape index (κ2) is 5.11. The van der Waals surface area contributed by atoms with Crippen molar-refractivity contribution in [1.82, 2.24) is 4.90 Å². The van der Waals surface area contributed by atoms with Gasteiger partial charge < -0.3 is 5.11 Å². The molecule has 0 radical (unpaired) electrons. The summed E-state index contributed by atoms with van der Waals surface area (Å²) in [6.45, 7) is 6.58. The standard InChI is InChI=1S/C15H21NO2/c1-15(2,14(17)18)8-5-9-16-10-12-6-3-4-7-13(12)11-16/h3-4,6-7H,5,8-11H2,1-2H3,(H,17,18). The van der Waals surface area contributed by atoms with E-state index in [1.807, 2.05) is 0 Å². The Morgan fingerprint density at radius 3 is 2.33 bits per heavy atom. The van der Waals surface area contributed by atoms with Crippen LogP contribution in [0.4, 0.5) is 0 Å². The number of fused-ring (bicyclic) bond motifs is 1. The first kappa shape index (κ1) is 13.1. The minimum absolute atomic E-state index is 0.605. The van der Waals surface area contributed by atoms with Crippen molar-refractivity contribution in [1.29, 1.82) is 0 Å². The Morgan fingerprint density at radius 1 is 1.28 bits per heavy atom. The molecule has 1 aliphatic heterocycles. The molecule has 0 fully saturated rings. The summed E-state index contributed by atoms with van der Waals surface area (Å²) in [5, 5.41) is 9.06. The number of rotatable bonds is 5.